The molecule has 22 heavy (non-hydrogen) atoms. The minimum atomic E-state index is -0.200. The SMILES string of the molecule is CC(CCn1ccnc1)c1ccc(-c2ccc(F)cc2)cc1. The lowest BCUT2D eigenvalue weighted by molar-refractivity contribution is 0.576. The Hall–Kier alpha value is -2.42. The van der Waals surface area contributed by atoms with Gasteiger partial charge in [0.25, 0.3) is 0 Å². The molecule has 0 spiro atoms. The number of hydrogen-bond acceptors (Lipinski definition) is 1. The van der Waals surface area contributed by atoms with Crippen LogP contribution in [-0.2, 0) is 6.54 Å². The van der Waals surface area contributed by atoms with Crippen molar-refractivity contribution in [2.24, 2.45) is 0 Å². The molecule has 2 aromatic carbocycles. The third-order valence-electron chi connectivity index (χ3n) is 4.04. The van der Waals surface area contributed by atoms with Crippen LogP contribution in [0.25, 0.3) is 11.1 Å². The van der Waals surface area contributed by atoms with Crippen LogP contribution in [0.1, 0.15) is 24.8 Å². The Labute approximate surface area is 130 Å². The smallest absolute Gasteiger partial charge is 0.123 e. The van der Waals surface area contributed by atoms with Gasteiger partial charge in [0.05, 0.1) is 6.33 Å². The first kappa shape index (κ1) is 14.5. The van der Waals surface area contributed by atoms with E-state index in [-0.39, 0.29) is 5.82 Å². The first-order chi connectivity index (χ1) is 10.7. The van der Waals surface area contributed by atoms with E-state index in [1.165, 1.54) is 17.7 Å². The van der Waals surface area contributed by atoms with Gasteiger partial charge in [-0.3, -0.25) is 0 Å². The molecule has 1 aromatic heterocycles. The summed E-state index contributed by atoms with van der Waals surface area (Å²) < 4.78 is 15.1. The standard InChI is InChI=1S/C19H19FN2/c1-15(10-12-22-13-11-21-14-22)16-2-4-17(5-3-16)18-6-8-19(20)9-7-18/h2-9,11,13-15H,10,12H2,1H3. The van der Waals surface area contributed by atoms with Crippen molar-refractivity contribution in [3.05, 3.63) is 78.6 Å². The van der Waals surface area contributed by atoms with E-state index in [1.807, 2.05) is 30.9 Å². The number of hydrogen-bond donors (Lipinski definition) is 0. The molecule has 0 saturated heterocycles. The van der Waals surface area contributed by atoms with Gasteiger partial charge in [0.15, 0.2) is 0 Å². The summed E-state index contributed by atoms with van der Waals surface area (Å²) in [7, 11) is 0. The zero-order valence-electron chi connectivity index (χ0n) is 12.6. The Bertz CT molecular complexity index is 700. The molecule has 0 amide bonds. The van der Waals surface area contributed by atoms with Gasteiger partial charge < -0.3 is 4.57 Å². The fraction of sp³-hybridized carbons (Fsp3) is 0.211. The maximum atomic E-state index is 13.0. The number of aryl methyl sites for hydroxylation is 1. The summed E-state index contributed by atoms with van der Waals surface area (Å²) in [5.74, 6) is 0.290. The quantitative estimate of drug-likeness (QED) is 0.655. The van der Waals surface area contributed by atoms with E-state index in [0.717, 1.165) is 24.1 Å². The molecule has 3 rings (SSSR count). The van der Waals surface area contributed by atoms with Crippen molar-refractivity contribution >= 4 is 0 Å². The molecule has 1 heterocycles. The Morgan fingerprint density at radius 3 is 2.23 bits per heavy atom. The summed E-state index contributed by atoms with van der Waals surface area (Å²) in [6.07, 6.45) is 6.73. The largest absolute Gasteiger partial charge is 0.337 e. The van der Waals surface area contributed by atoms with Gasteiger partial charge in [0, 0.05) is 18.9 Å². The number of halogens is 1. The summed E-state index contributed by atoms with van der Waals surface area (Å²) >= 11 is 0. The molecule has 1 unspecified atom stereocenters. The predicted octanol–water partition coefficient (Wildman–Crippen LogP) is 4.88. The van der Waals surface area contributed by atoms with Gasteiger partial charge in [-0.2, -0.15) is 0 Å². The van der Waals surface area contributed by atoms with Gasteiger partial charge in [0.2, 0.25) is 0 Å². The fourth-order valence-electron chi connectivity index (χ4n) is 2.57. The first-order valence-corrected chi connectivity index (χ1v) is 7.54. The van der Waals surface area contributed by atoms with E-state index >= 15 is 0 Å². The molecule has 3 heteroatoms. The van der Waals surface area contributed by atoms with Crippen LogP contribution in [0, 0.1) is 5.82 Å². The monoisotopic (exact) mass is 294 g/mol. The van der Waals surface area contributed by atoms with Gasteiger partial charge >= 0.3 is 0 Å². The molecule has 0 radical (unpaired) electrons. The van der Waals surface area contributed by atoms with Crippen LogP contribution in [0.15, 0.2) is 67.3 Å². The molecular formula is C19H19FN2. The van der Waals surface area contributed by atoms with Gasteiger partial charge in [-0.25, -0.2) is 9.37 Å². The average Bonchev–Trinajstić information content (AvgIpc) is 3.07. The molecule has 112 valence electrons. The minimum Gasteiger partial charge on any atom is -0.337 e. The van der Waals surface area contributed by atoms with Crippen molar-refractivity contribution in [1.29, 1.82) is 0 Å². The van der Waals surface area contributed by atoms with Crippen LogP contribution in [0.2, 0.25) is 0 Å². The van der Waals surface area contributed by atoms with Crippen LogP contribution in [-0.4, -0.2) is 9.55 Å². The topological polar surface area (TPSA) is 17.8 Å². The van der Waals surface area contributed by atoms with Crippen molar-refractivity contribution in [2.45, 2.75) is 25.8 Å². The maximum Gasteiger partial charge on any atom is 0.123 e. The van der Waals surface area contributed by atoms with Crippen LogP contribution < -0.4 is 0 Å². The molecule has 3 aromatic rings. The van der Waals surface area contributed by atoms with Gasteiger partial charge in [-0.05, 0) is 41.2 Å². The van der Waals surface area contributed by atoms with Crippen LogP contribution >= 0.6 is 0 Å². The van der Waals surface area contributed by atoms with Crippen molar-refractivity contribution in [3.63, 3.8) is 0 Å². The van der Waals surface area contributed by atoms with Gasteiger partial charge in [-0.1, -0.05) is 43.3 Å². The predicted molar refractivity (Wildman–Crippen MR) is 87.1 cm³/mol. The molecule has 0 N–H and O–H groups in total. The Balaban J connectivity index is 1.66. The molecule has 2 nitrogen and oxygen atoms in total. The number of imidazole rings is 1. The number of aromatic nitrogens is 2. The minimum absolute atomic E-state index is 0.200. The third kappa shape index (κ3) is 3.42. The lowest BCUT2D eigenvalue weighted by Crippen LogP contribution is -2.01. The van der Waals surface area contributed by atoms with Gasteiger partial charge in [0.1, 0.15) is 5.82 Å². The third-order valence-corrected chi connectivity index (χ3v) is 4.04. The van der Waals surface area contributed by atoms with Crippen molar-refractivity contribution in [2.75, 3.05) is 0 Å². The van der Waals surface area contributed by atoms with E-state index in [9.17, 15) is 4.39 Å². The highest BCUT2D eigenvalue weighted by Gasteiger charge is 2.06. The molecular weight excluding hydrogens is 275 g/mol. The second-order valence-electron chi connectivity index (χ2n) is 5.62. The zero-order chi connectivity index (χ0) is 15.4. The number of benzene rings is 2. The molecule has 0 bridgehead atoms. The lowest BCUT2D eigenvalue weighted by atomic mass is 9.95. The second kappa shape index (κ2) is 6.56. The summed E-state index contributed by atoms with van der Waals surface area (Å²) in [6, 6.07) is 15.2. The second-order valence-corrected chi connectivity index (χ2v) is 5.62. The Kier molecular flexibility index (Phi) is 4.33. The number of nitrogens with zero attached hydrogens (tertiary/aromatic N) is 2. The van der Waals surface area contributed by atoms with Gasteiger partial charge in [-0.15, -0.1) is 0 Å². The molecule has 0 aliphatic heterocycles. The molecule has 1 atom stereocenters. The number of rotatable bonds is 5. The molecule has 0 saturated carbocycles. The van der Waals surface area contributed by atoms with Crippen molar-refractivity contribution in [3.8, 4) is 11.1 Å². The van der Waals surface area contributed by atoms with E-state index < -0.39 is 0 Å². The van der Waals surface area contributed by atoms with E-state index in [2.05, 4.69) is 40.7 Å². The van der Waals surface area contributed by atoms with Crippen LogP contribution in [0.4, 0.5) is 4.39 Å². The highest BCUT2D eigenvalue weighted by atomic mass is 19.1. The van der Waals surface area contributed by atoms with Crippen molar-refractivity contribution < 1.29 is 4.39 Å². The lowest BCUT2D eigenvalue weighted by Gasteiger charge is -2.13. The Morgan fingerprint density at radius 1 is 1.00 bits per heavy atom. The fourth-order valence-corrected chi connectivity index (χ4v) is 2.57. The molecule has 0 aliphatic rings. The van der Waals surface area contributed by atoms with E-state index in [1.54, 1.807) is 0 Å². The summed E-state index contributed by atoms with van der Waals surface area (Å²) in [4.78, 5) is 4.06. The first-order valence-electron chi connectivity index (χ1n) is 7.54. The van der Waals surface area contributed by atoms with Crippen LogP contribution in [0.5, 0.6) is 0 Å². The highest BCUT2D eigenvalue weighted by molar-refractivity contribution is 5.63. The zero-order valence-corrected chi connectivity index (χ0v) is 12.6. The summed E-state index contributed by atoms with van der Waals surface area (Å²) in [6.45, 7) is 3.21. The summed E-state index contributed by atoms with van der Waals surface area (Å²) in [5.41, 5.74) is 3.48. The Morgan fingerprint density at radius 2 is 1.64 bits per heavy atom. The molecule has 0 aliphatic carbocycles. The highest BCUT2D eigenvalue weighted by Crippen LogP contribution is 2.25. The normalized spacial score (nSPS) is 12.3. The van der Waals surface area contributed by atoms with E-state index in [4.69, 9.17) is 0 Å². The summed E-state index contributed by atoms with van der Waals surface area (Å²) in [5, 5.41) is 0. The van der Waals surface area contributed by atoms with Crippen molar-refractivity contribution in [1.82, 2.24) is 9.55 Å². The maximum absolute atomic E-state index is 13.0. The van der Waals surface area contributed by atoms with Crippen LogP contribution in [0.3, 0.4) is 0 Å². The average molecular weight is 294 g/mol. The van der Waals surface area contributed by atoms with E-state index in [0.29, 0.717) is 5.92 Å². The molecule has 0 fully saturated rings.